The van der Waals surface area contributed by atoms with E-state index in [4.69, 9.17) is 4.74 Å². The van der Waals surface area contributed by atoms with E-state index in [-0.39, 0.29) is 28.2 Å². The molecule has 0 aromatic heterocycles. The molecule has 1 aliphatic rings. The molecule has 0 aliphatic carbocycles. The zero-order valence-electron chi connectivity index (χ0n) is 15.3. The standard InChI is InChI=1S/C20H22N2O5S/c23-19(14-28(25,26)16-8-2-1-3-9-16)22-18-11-5-4-10-17(18)20(24)21-13-15-7-6-12-27-15/h1-5,8-11,15H,6-7,12-14H2,(H,21,24)(H,22,23). The lowest BCUT2D eigenvalue weighted by atomic mass is 10.1. The maximum absolute atomic E-state index is 12.5. The highest BCUT2D eigenvalue weighted by atomic mass is 32.2. The first-order chi connectivity index (χ1) is 13.5. The normalized spacial score (nSPS) is 16.5. The van der Waals surface area contributed by atoms with Crippen LogP contribution in [0.4, 0.5) is 5.69 Å². The first kappa shape index (κ1) is 20.0. The second-order valence-corrected chi connectivity index (χ2v) is 8.50. The number of carbonyl (C=O) groups excluding carboxylic acids is 2. The fraction of sp³-hybridized carbons (Fsp3) is 0.300. The van der Waals surface area contributed by atoms with Crippen LogP contribution in [0, 0.1) is 0 Å². The Hall–Kier alpha value is -2.71. The number of rotatable bonds is 7. The molecule has 0 spiro atoms. The molecule has 1 atom stereocenters. The third kappa shape index (κ3) is 5.17. The fourth-order valence-electron chi connectivity index (χ4n) is 2.97. The number of sulfone groups is 1. The van der Waals surface area contributed by atoms with Gasteiger partial charge in [0.1, 0.15) is 5.75 Å². The van der Waals surface area contributed by atoms with Crippen LogP contribution in [0.15, 0.2) is 59.5 Å². The second-order valence-electron chi connectivity index (χ2n) is 6.51. The Labute approximate surface area is 164 Å². The van der Waals surface area contributed by atoms with Crippen LogP contribution >= 0.6 is 0 Å². The van der Waals surface area contributed by atoms with Crippen molar-refractivity contribution in [2.75, 3.05) is 24.2 Å². The van der Waals surface area contributed by atoms with Gasteiger partial charge in [0.15, 0.2) is 9.84 Å². The van der Waals surface area contributed by atoms with Gasteiger partial charge in [0.2, 0.25) is 5.91 Å². The van der Waals surface area contributed by atoms with Crippen molar-refractivity contribution >= 4 is 27.3 Å². The zero-order valence-corrected chi connectivity index (χ0v) is 16.1. The van der Waals surface area contributed by atoms with Gasteiger partial charge in [0.05, 0.1) is 22.3 Å². The van der Waals surface area contributed by atoms with Crippen molar-refractivity contribution in [2.24, 2.45) is 0 Å². The maximum Gasteiger partial charge on any atom is 0.253 e. The highest BCUT2D eigenvalue weighted by Crippen LogP contribution is 2.17. The van der Waals surface area contributed by atoms with Crippen LogP contribution in [0.5, 0.6) is 0 Å². The molecule has 0 bridgehead atoms. The summed E-state index contributed by atoms with van der Waals surface area (Å²) < 4.78 is 30.2. The van der Waals surface area contributed by atoms with Crippen molar-refractivity contribution < 1.29 is 22.7 Å². The minimum Gasteiger partial charge on any atom is -0.376 e. The summed E-state index contributed by atoms with van der Waals surface area (Å²) in [6.45, 7) is 1.09. The van der Waals surface area contributed by atoms with Crippen molar-refractivity contribution in [2.45, 2.75) is 23.8 Å². The van der Waals surface area contributed by atoms with E-state index >= 15 is 0 Å². The molecule has 2 N–H and O–H groups in total. The number of anilines is 1. The second kappa shape index (κ2) is 8.99. The maximum atomic E-state index is 12.5. The Morgan fingerprint density at radius 2 is 1.75 bits per heavy atom. The summed E-state index contributed by atoms with van der Waals surface area (Å²) in [5.74, 6) is -1.76. The van der Waals surface area contributed by atoms with E-state index in [0.717, 1.165) is 12.8 Å². The van der Waals surface area contributed by atoms with Gasteiger partial charge in [-0.2, -0.15) is 0 Å². The van der Waals surface area contributed by atoms with Crippen LogP contribution < -0.4 is 10.6 Å². The van der Waals surface area contributed by atoms with Crippen molar-refractivity contribution in [3.05, 3.63) is 60.2 Å². The molecule has 1 aliphatic heterocycles. The summed E-state index contributed by atoms with van der Waals surface area (Å²) >= 11 is 0. The SMILES string of the molecule is O=C(CS(=O)(=O)c1ccccc1)Nc1ccccc1C(=O)NCC1CCCO1. The van der Waals surface area contributed by atoms with E-state index in [1.165, 1.54) is 12.1 Å². The Morgan fingerprint density at radius 3 is 2.46 bits per heavy atom. The number of amides is 2. The van der Waals surface area contributed by atoms with Crippen molar-refractivity contribution in [1.82, 2.24) is 5.32 Å². The lowest BCUT2D eigenvalue weighted by molar-refractivity contribution is -0.113. The van der Waals surface area contributed by atoms with Crippen LogP contribution in [-0.4, -0.2) is 45.2 Å². The molecule has 8 heteroatoms. The fourth-order valence-corrected chi connectivity index (χ4v) is 4.12. The van der Waals surface area contributed by atoms with E-state index in [0.29, 0.717) is 13.2 Å². The quantitative estimate of drug-likeness (QED) is 0.738. The highest BCUT2D eigenvalue weighted by molar-refractivity contribution is 7.92. The van der Waals surface area contributed by atoms with E-state index in [1.807, 2.05) is 0 Å². The average molecular weight is 402 g/mol. The molecule has 0 radical (unpaired) electrons. The van der Waals surface area contributed by atoms with Gasteiger partial charge >= 0.3 is 0 Å². The average Bonchev–Trinajstić information content (AvgIpc) is 3.20. The smallest absolute Gasteiger partial charge is 0.253 e. The van der Waals surface area contributed by atoms with Gasteiger partial charge in [0.25, 0.3) is 5.91 Å². The van der Waals surface area contributed by atoms with Gasteiger partial charge in [-0.15, -0.1) is 0 Å². The molecule has 2 aromatic rings. The minimum absolute atomic E-state index is 0.00159. The Morgan fingerprint density at radius 1 is 1.04 bits per heavy atom. The predicted molar refractivity (Wildman–Crippen MR) is 105 cm³/mol. The van der Waals surface area contributed by atoms with Crippen LogP contribution in [-0.2, 0) is 19.4 Å². The van der Waals surface area contributed by atoms with E-state index < -0.39 is 21.5 Å². The number of nitrogens with one attached hydrogen (secondary N) is 2. The Bertz CT molecular complexity index is 938. The van der Waals surface area contributed by atoms with Crippen molar-refractivity contribution in [1.29, 1.82) is 0 Å². The minimum atomic E-state index is -3.76. The monoisotopic (exact) mass is 402 g/mol. The summed E-state index contributed by atoms with van der Waals surface area (Å²) in [6.07, 6.45) is 1.88. The molecule has 7 nitrogen and oxygen atoms in total. The van der Waals surface area contributed by atoms with E-state index in [2.05, 4.69) is 10.6 Å². The Kier molecular flexibility index (Phi) is 6.43. The molecule has 1 fully saturated rings. The molecule has 2 aromatic carbocycles. The number of para-hydroxylation sites is 1. The highest BCUT2D eigenvalue weighted by Gasteiger charge is 2.21. The van der Waals surface area contributed by atoms with E-state index in [9.17, 15) is 18.0 Å². The third-order valence-electron chi connectivity index (χ3n) is 4.38. The molecular weight excluding hydrogens is 380 g/mol. The number of carbonyl (C=O) groups is 2. The first-order valence-electron chi connectivity index (χ1n) is 9.02. The van der Waals surface area contributed by atoms with E-state index in [1.54, 1.807) is 42.5 Å². The van der Waals surface area contributed by atoms with Crippen LogP contribution in [0.1, 0.15) is 23.2 Å². The molecule has 2 amide bonds. The lowest BCUT2D eigenvalue weighted by Gasteiger charge is -2.14. The topological polar surface area (TPSA) is 102 Å². The molecule has 148 valence electrons. The van der Waals surface area contributed by atoms with Gasteiger partial charge in [-0.3, -0.25) is 9.59 Å². The van der Waals surface area contributed by atoms with Gasteiger partial charge in [0, 0.05) is 13.2 Å². The summed E-state index contributed by atoms with van der Waals surface area (Å²) in [6, 6.07) is 14.3. The molecule has 1 unspecified atom stereocenters. The molecule has 1 heterocycles. The van der Waals surface area contributed by atoms with Crippen molar-refractivity contribution in [3.63, 3.8) is 0 Å². The van der Waals surface area contributed by atoms with Gasteiger partial charge in [-0.05, 0) is 37.1 Å². The lowest BCUT2D eigenvalue weighted by Crippen LogP contribution is -2.32. The molecule has 1 saturated heterocycles. The number of ether oxygens (including phenoxy) is 1. The summed E-state index contributed by atoms with van der Waals surface area (Å²) in [5.41, 5.74) is 0.534. The first-order valence-corrected chi connectivity index (χ1v) is 10.7. The largest absolute Gasteiger partial charge is 0.376 e. The number of benzene rings is 2. The summed E-state index contributed by atoms with van der Waals surface area (Å²) in [7, 11) is -3.76. The molecular formula is C20H22N2O5S. The summed E-state index contributed by atoms with van der Waals surface area (Å²) in [5, 5.41) is 5.33. The van der Waals surface area contributed by atoms with Gasteiger partial charge in [-0.1, -0.05) is 30.3 Å². The Balaban J connectivity index is 1.65. The molecule has 28 heavy (non-hydrogen) atoms. The van der Waals surface area contributed by atoms with Crippen molar-refractivity contribution in [3.8, 4) is 0 Å². The molecule has 3 rings (SSSR count). The zero-order chi connectivity index (χ0) is 20.0. The number of hydrogen-bond acceptors (Lipinski definition) is 5. The molecule has 0 saturated carbocycles. The van der Waals surface area contributed by atoms with Crippen LogP contribution in [0.25, 0.3) is 0 Å². The van der Waals surface area contributed by atoms with Gasteiger partial charge < -0.3 is 15.4 Å². The summed E-state index contributed by atoms with van der Waals surface area (Å²) in [4.78, 5) is 24.9. The van der Waals surface area contributed by atoms with Gasteiger partial charge in [-0.25, -0.2) is 8.42 Å². The third-order valence-corrected chi connectivity index (χ3v) is 6.02. The number of hydrogen-bond donors (Lipinski definition) is 2. The van der Waals surface area contributed by atoms with Crippen LogP contribution in [0.2, 0.25) is 0 Å². The van der Waals surface area contributed by atoms with Crippen LogP contribution in [0.3, 0.4) is 0 Å². The predicted octanol–water partition coefficient (Wildman–Crippen LogP) is 2.01.